The van der Waals surface area contributed by atoms with Crippen molar-refractivity contribution in [3.63, 3.8) is 0 Å². The largest absolute Gasteiger partial charge is 0.394 e. The average Bonchev–Trinajstić information content (AvgIpc) is 2.28. The van der Waals surface area contributed by atoms with Gasteiger partial charge in [-0.05, 0) is 38.4 Å². The highest BCUT2D eigenvalue weighted by Gasteiger charge is 2.37. The van der Waals surface area contributed by atoms with Gasteiger partial charge in [0.05, 0.1) is 28.7 Å². The Morgan fingerprint density at radius 1 is 1.11 bits per heavy atom. The fraction of sp³-hybridized carbons (Fsp3) is 0.625. The van der Waals surface area contributed by atoms with Gasteiger partial charge in [0.15, 0.2) is 0 Å². The third kappa shape index (κ3) is 4.44. The Morgan fingerprint density at radius 2 is 1.63 bits per heavy atom. The molecule has 0 unspecified atom stereocenters. The Hall–Kier alpha value is -0.643. The summed E-state index contributed by atoms with van der Waals surface area (Å²) in [6.45, 7) is 9.63. The maximum Gasteiger partial charge on any atom is 0.132 e. The first-order chi connectivity index (χ1) is 8.56. The maximum atomic E-state index is 10.2. The monoisotopic (exact) mass is 280 g/mol. The predicted molar refractivity (Wildman–Crippen MR) is 88.2 cm³/mol. The molecule has 2 nitrogen and oxygen atoms in total. The molecule has 0 saturated carbocycles. The van der Waals surface area contributed by atoms with Crippen LogP contribution in [0, 0.1) is 0 Å². The lowest BCUT2D eigenvalue weighted by Gasteiger charge is -2.36. The van der Waals surface area contributed by atoms with E-state index in [2.05, 4.69) is 57.5 Å². The van der Waals surface area contributed by atoms with E-state index < -0.39 is 13.3 Å². The van der Waals surface area contributed by atoms with Crippen LogP contribution in [0.3, 0.4) is 0 Å². The first kappa shape index (κ1) is 16.4. The van der Waals surface area contributed by atoms with Gasteiger partial charge in [0.2, 0.25) is 0 Å². The van der Waals surface area contributed by atoms with Gasteiger partial charge in [0.1, 0.15) is 5.69 Å². The van der Waals surface area contributed by atoms with E-state index in [1.165, 1.54) is 18.2 Å². The minimum atomic E-state index is -1.56. The van der Waals surface area contributed by atoms with Crippen LogP contribution in [0.4, 0.5) is 5.69 Å². The van der Waals surface area contributed by atoms with Crippen LogP contribution in [0.25, 0.3) is 0 Å². The summed E-state index contributed by atoms with van der Waals surface area (Å²) in [5, 5.41) is 9.76. The summed E-state index contributed by atoms with van der Waals surface area (Å²) in [5.41, 5.74) is 1.35. The van der Waals surface area contributed by atoms with E-state index in [0.717, 1.165) is 11.0 Å². The van der Waals surface area contributed by atoms with Crippen molar-refractivity contribution in [1.29, 1.82) is 0 Å². The molecule has 0 atom stereocenters. The fourth-order valence-corrected chi connectivity index (χ4v) is 3.84. The Kier molecular flexibility index (Phi) is 4.99. The number of aliphatic hydroxyl groups is 1. The summed E-state index contributed by atoms with van der Waals surface area (Å²) < 4.78 is 0.914. The van der Waals surface area contributed by atoms with Gasteiger partial charge in [0.25, 0.3) is 0 Å². The molecule has 0 bridgehead atoms. The molecule has 3 heteroatoms. The van der Waals surface area contributed by atoms with Crippen LogP contribution in [0.5, 0.6) is 0 Å². The highest BCUT2D eigenvalue weighted by Crippen LogP contribution is 2.27. The van der Waals surface area contributed by atoms with Crippen LogP contribution in [0.15, 0.2) is 30.3 Å². The number of benzene rings is 1. The van der Waals surface area contributed by atoms with E-state index in [-0.39, 0.29) is 0 Å². The van der Waals surface area contributed by atoms with Crippen LogP contribution in [0.1, 0.15) is 20.3 Å². The van der Waals surface area contributed by atoms with Gasteiger partial charge in [0, 0.05) is 5.22 Å². The zero-order valence-electron chi connectivity index (χ0n) is 13.4. The third-order valence-corrected chi connectivity index (χ3v) is 9.55. The lowest BCUT2D eigenvalue weighted by molar-refractivity contribution is 0.155. The number of hydrogen-bond acceptors (Lipinski definition) is 1. The number of quaternary nitrogens is 1. The van der Waals surface area contributed by atoms with E-state index >= 15 is 0 Å². The Morgan fingerprint density at radius 3 is 2.11 bits per heavy atom. The number of para-hydroxylation sites is 1. The topological polar surface area (TPSA) is 20.2 Å². The standard InChI is InChI=1S/C16H30NOSi/c1-16(2,18)19(5,6)14-10-13-17(3,4)15-11-8-7-9-12-15/h7-9,11-12,18H,10,13-14H2,1-6H3/q+1. The summed E-state index contributed by atoms with van der Waals surface area (Å²) in [6, 6.07) is 11.8. The highest BCUT2D eigenvalue weighted by atomic mass is 28.3. The summed E-state index contributed by atoms with van der Waals surface area (Å²) in [4.78, 5) is 0. The second-order valence-electron chi connectivity index (χ2n) is 7.29. The molecule has 0 saturated heterocycles. The maximum absolute atomic E-state index is 10.2. The van der Waals surface area contributed by atoms with E-state index in [1.807, 2.05) is 13.8 Å². The first-order valence-corrected chi connectivity index (χ1v) is 10.4. The first-order valence-electron chi connectivity index (χ1n) is 7.17. The van der Waals surface area contributed by atoms with Crippen molar-refractivity contribution in [1.82, 2.24) is 4.48 Å². The molecule has 19 heavy (non-hydrogen) atoms. The van der Waals surface area contributed by atoms with E-state index in [0.29, 0.717) is 0 Å². The zero-order valence-corrected chi connectivity index (χ0v) is 14.4. The van der Waals surface area contributed by atoms with Crippen molar-refractivity contribution in [3.05, 3.63) is 30.3 Å². The average molecular weight is 281 g/mol. The minimum absolute atomic E-state index is 0.489. The molecular weight excluding hydrogens is 250 g/mol. The van der Waals surface area contributed by atoms with Crippen molar-refractivity contribution in [2.45, 2.75) is 44.6 Å². The fourth-order valence-electron chi connectivity index (χ4n) is 2.18. The molecule has 108 valence electrons. The number of nitrogens with zero attached hydrogens (tertiary/aromatic N) is 1. The van der Waals surface area contributed by atoms with E-state index in [4.69, 9.17) is 0 Å². The van der Waals surface area contributed by atoms with Crippen LogP contribution in [0.2, 0.25) is 19.1 Å². The molecule has 1 aromatic rings. The van der Waals surface area contributed by atoms with Gasteiger partial charge < -0.3 is 5.11 Å². The molecule has 0 fully saturated rings. The molecule has 1 rings (SSSR count). The lowest BCUT2D eigenvalue weighted by atomic mass is 10.2. The predicted octanol–water partition coefficient (Wildman–Crippen LogP) is 3.66. The van der Waals surface area contributed by atoms with Crippen LogP contribution in [-0.4, -0.2) is 39.0 Å². The molecule has 1 aromatic carbocycles. The molecule has 1 N–H and O–H groups in total. The quantitative estimate of drug-likeness (QED) is 0.623. The summed E-state index contributed by atoms with van der Waals surface area (Å²) in [7, 11) is 2.96. The molecule has 0 heterocycles. The number of rotatable bonds is 6. The van der Waals surface area contributed by atoms with E-state index in [1.54, 1.807) is 0 Å². The molecule has 0 aliphatic heterocycles. The highest BCUT2D eigenvalue weighted by molar-refractivity contribution is 6.79. The van der Waals surface area contributed by atoms with Gasteiger partial charge in [-0.15, -0.1) is 0 Å². The molecule has 0 aliphatic rings. The van der Waals surface area contributed by atoms with E-state index in [9.17, 15) is 5.11 Å². The second-order valence-corrected chi connectivity index (χ2v) is 12.8. The second kappa shape index (κ2) is 5.78. The smallest absolute Gasteiger partial charge is 0.132 e. The third-order valence-electron chi connectivity index (χ3n) is 4.63. The summed E-state index contributed by atoms with van der Waals surface area (Å²) in [5.74, 6) is 0. The molecule has 0 aliphatic carbocycles. The van der Waals surface area contributed by atoms with Gasteiger partial charge >= 0.3 is 0 Å². The van der Waals surface area contributed by atoms with Gasteiger partial charge in [-0.3, -0.25) is 4.48 Å². The summed E-state index contributed by atoms with van der Waals surface area (Å²) in [6.07, 6.45) is 1.17. The molecule has 0 amide bonds. The molecule has 0 aromatic heterocycles. The molecular formula is C16H30NOSi+. The Labute approximate surface area is 119 Å². The van der Waals surface area contributed by atoms with Crippen LogP contribution >= 0.6 is 0 Å². The zero-order chi connectivity index (χ0) is 14.7. The SMILES string of the molecule is CC(C)(O)[Si](C)(C)CCC[N+](C)(C)c1ccccc1. The van der Waals surface area contributed by atoms with Crippen molar-refractivity contribution in [2.75, 3.05) is 20.6 Å². The van der Waals surface area contributed by atoms with Crippen molar-refractivity contribution >= 4 is 13.8 Å². The van der Waals surface area contributed by atoms with Gasteiger partial charge in [-0.25, -0.2) is 0 Å². The van der Waals surface area contributed by atoms with Gasteiger partial charge in [-0.2, -0.15) is 0 Å². The summed E-state index contributed by atoms with van der Waals surface area (Å²) >= 11 is 0. The number of hydrogen-bond donors (Lipinski definition) is 1. The molecule has 0 spiro atoms. The molecule has 0 radical (unpaired) electrons. The van der Waals surface area contributed by atoms with Crippen molar-refractivity contribution in [3.8, 4) is 0 Å². The van der Waals surface area contributed by atoms with Gasteiger partial charge in [-0.1, -0.05) is 31.3 Å². The minimum Gasteiger partial charge on any atom is -0.394 e. The van der Waals surface area contributed by atoms with Crippen molar-refractivity contribution < 1.29 is 5.11 Å². The Balaban J connectivity index is 2.58. The lowest BCUT2D eigenvalue weighted by Crippen LogP contribution is -2.50. The normalized spacial score (nSPS) is 13.6. The van der Waals surface area contributed by atoms with Crippen molar-refractivity contribution in [2.24, 2.45) is 0 Å². The Bertz CT molecular complexity index is 393. The van der Waals surface area contributed by atoms with Crippen LogP contribution < -0.4 is 4.48 Å². The van der Waals surface area contributed by atoms with Crippen LogP contribution in [-0.2, 0) is 0 Å².